The highest BCUT2D eigenvalue weighted by Gasteiger charge is 2.54. The fourth-order valence-electron chi connectivity index (χ4n) is 5.77. The van der Waals surface area contributed by atoms with Gasteiger partial charge in [0.2, 0.25) is 5.91 Å². The number of nitrogens with zero attached hydrogens (tertiary/aromatic N) is 1. The second-order valence-electron chi connectivity index (χ2n) is 8.04. The first kappa shape index (κ1) is 15.9. The molecule has 3 nitrogen and oxygen atoms in total. The maximum absolute atomic E-state index is 13.1. The Morgan fingerprint density at radius 1 is 0.958 bits per heavy atom. The van der Waals surface area contributed by atoms with E-state index in [-0.39, 0.29) is 23.7 Å². The molecule has 1 amide bonds. The zero-order valence-corrected chi connectivity index (χ0v) is 14.5. The van der Waals surface area contributed by atoms with E-state index in [9.17, 15) is 4.79 Å². The fraction of sp³-hybridized carbons (Fsp3) is 0.500. The van der Waals surface area contributed by atoms with Crippen molar-refractivity contribution in [2.24, 2.45) is 23.2 Å². The summed E-state index contributed by atoms with van der Waals surface area (Å²) in [5.41, 5.74) is 0.832. The largest absolute Gasteiger partial charge is 0.310 e. The Balaban J connectivity index is 0.00000146. The number of para-hydroxylation sites is 1. The lowest BCUT2D eigenvalue weighted by molar-refractivity contribution is -0.140. The summed E-state index contributed by atoms with van der Waals surface area (Å²) in [5, 5.41) is 4.25. The summed E-state index contributed by atoms with van der Waals surface area (Å²) in [7, 11) is 0. The number of nitrogens with one attached hydrogen (secondary N) is 1. The van der Waals surface area contributed by atoms with Gasteiger partial charge in [-0.25, -0.2) is 4.98 Å². The Bertz CT molecular complexity index is 753. The predicted molar refractivity (Wildman–Crippen MR) is 98.2 cm³/mol. The van der Waals surface area contributed by atoms with Crippen LogP contribution in [0.5, 0.6) is 0 Å². The van der Waals surface area contributed by atoms with Gasteiger partial charge in [0.15, 0.2) is 0 Å². The third-order valence-corrected chi connectivity index (χ3v) is 6.36. The molecule has 0 saturated heterocycles. The molecule has 0 unspecified atom stereocenters. The van der Waals surface area contributed by atoms with E-state index >= 15 is 0 Å². The topological polar surface area (TPSA) is 42.0 Å². The number of rotatable bonds is 2. The van der Waals surface area contributed by atoms with Crippen LogP contribution in [-0.4, -0.2) is 10.9 Å². The first-order valence-corrected chi connectivity index (χ1v) is 8.87. The van der Waals surface area contributed by atoms with E-state index in [4.69, 9.17) is 0 Å². The van der Waals surface area contributed by atoms with Crippen LogP contribution in [0.25, 0.3) is 10.9 Å². The molecule has 4 aliphatic rings. The molecule has 24 heavy (non-hydrogen) atoms. The van der Waals surface area contributed by atoms with Crippen LogP contribution >= 0.6 is 12.4 Å². The monoisotopic (exact) mass is 342 g/mol. The summed E-state index contributed by atoms with van der Waals surface area (Å²) in [6, 6.07) is 12.0. The van der Waals surface area contributed by atoms with Crippen LogP contribution in [0.4, 0.5) is 5.82 Å². The lowest BCUT2D eigenvalue weighted by Crippen LogP contribution is -2.51. The van der Waals surface area contributed by atoms with Crippen LogP contribution in [-0.2, 0) is 4.79 Å². The van der Waals surface area contributed by atoms with Gasteiger partial charge in [0, 0.05) is 5.39 Å². The molecule has 1 N–H and O–H groups in total. The summed E-state index contributed by atoms with van der Waals surface area (Å²) >= 11 is 0. The van der Waals surface area contributed by atoms with Gasteiger partial charge >= 0.3 is 0 Å². The minimum absolute atomic E-state index is 0. The van der Waals surface area contributed by atoms with Gasteiger partial charge in [-0.2, -0.15) is 0 Å². The highest BCUT2D eigenvalue weighted by Crippen LogP contribution is 2.60. The number of pyridine rings is 1. The molecule has 4 aliphatic carbocycles. The summed E-state index contributed by atoms with van der Waals surface area (Å²) in [6.45, 7) is 0. The fourth-order valence-corrected chi connectivity index (χ4v) is 5.77. The Morgan fingerprint density at radius 2 is 1.58 bits per heavy atom. The van der Waals surface area contributed by atoms with Crippen molar-refractivity contribution in [3.8, 4) is 0 Å². The van der Waals surface area contributed by atoms with E-state index in [1.165, 1.54) is 19.3 Å². The lowest BCUT2D eigenvalue weighted by atomic mass is 9.49. The number of amides is 1. The van der Waals surface area contributed by atoms with Crippen LogP contribution in [0.3, 0.4) is 0 Å². The van der Waals surface area contributed by atoms with Crippen molar-refractivity contribution >= 4 is 35.0 Å². The Kier molecular flexibility index (Phi) is 3.80. The third kappa shape index (κ3) is 2.50. The van der Waals surface area contributed by atoms with E-state index in [1.54, 1.807) is 0 Å². The van der Waals surface area contributed by atoms with E-state index in [0.29, 0.717) is 5.82 Å². The van der Waals surface area contributed by atoms with Crippen molar-refractivity contribution in [2.45, 2.75) is 38.5 Å². The molecule has 2 aromatic rings. The van der Waals surface area contributed by atoms with Crippen molar-refractivity contribution < 1.29 is 4.79 Å². The molecule has 0 aliphatic heterocycles. The number of hydrogen-bond donors (Lipinski definition) is 1. The zero-order chi connectivity index (χ0) is 15.4. The van der Waals surface area contributed by atoms with Crippen molar-refractivity contribution in [1.29, 1.82) is 0 Å². The number of aromatic nitrogens is 1. The predicted octanol–water partition coefficient (Wildman–Crippen LogP) is 4.81. The average molecular weight is 343 g/mol. The molecule has 1 aromatic carbocycles. The summed E-state index contributed by atoms with van der Waals surface area (Å²) < 4.78 is 0. The molecule has 0 atom stereocenters. The van der Waals surface area contributed by atoms with Crippen molar-refractivity contribution in [3.63, 3.8) is 0 Å². The van der Waals surface area contributed by atoms with E-state index in [2.05, 4.69) is 10.3 Å². The molecule has 0 spiro atoms. The van der Waals surface area contributed by atoms with E-state index in [0.717, 1.165) is 47.9 Å². The first-order valence-electron chi connectivity index (χ1n) is 8.87. The van der Waals surface area contributed by atoms with Crippen molar-refractivity contribution in [1.82, 2.24) is 4.98 Å². The average Bonchev–Trinajstić information content (AvgIpc) is 2.53. The molecular formula is C20H23ClN2O. The molecule has 4 fully saturated rings. The number of halogens is 1. The van der Waals surface area contributed by atoms with Crippen LogP contribution in [0.2, 0.25) is 0 Å². The lowest BCUT2D eigenvalue weighted by Gasteiger charge is -2.55. The molecule has 4 bridgehead atoms. The molecule has 6 rings (SSSR count). The minimum atomic E-state index is -0.109. The second-order valence-corrected chi connectivity index (χ2v) is 8.04. The molecule has 126 valence electrons. The Morgan fingerprint density at radius 3 is 2.25 bits per heavy atom. The van der Waals surface area contributed by atoms with E-state index < -0.39 is 0 Å². The van der Waals surface area contributed by atoms with E-state index in [1.807, 2.05) is 36.4 Å². The molecule has 1 heterocycles. The minimum Gasteiger partial charge on any atom is -0.310 e. The van der Waals surface area contributed by atoms with Gasteiger partial charge in [-0.15, -0.1) is 12.4 Å². The number of benzene rings is 1. The third-order valence-electron chi connectivity index (χ3n) is 6.36. The van der Waals surface area contributed by atoms with Crippen molar-refractivity contribution in [3.05, 3.63) is 36.4 Å². The maximum Gasteiger partial charge on any atom is 0.231 e. The number of fused-ring (bicyclic) bond motifs is 1. The standard InChI is InChI=1S/C20H22N2O.ClH/c23-19(20-10-13-7-14(11-20)9-15(8-13)12-20)22-18-6-5-16-3-1-2-4-17(16)21-18;/h1-6,13-15H,7-12H2,(H,21,22,23);1H. The molecule has 0 radical (unpaired) electrons. The number of carbonyl (C=O) groups excluding carboxylic acids is 1. The van der Waals surface area contributed by atoms with Gasteiger partial charge in [-0.05, 0) is 74.5 Å². The summed E-state index contributed by atoms with van der Waals surface area (Å²) in [6.07, 6.45) is 7.37. The Hall–Kier alpha value is -1.61. The molecular weight excluding hydrogens is 320 g/mol. The number of anilines is 1. The molecule has 4 heteroatoms. The van der Waals surface area contributed by atoms with Crippen LogP contribution in [0, 0.1) is 23.2 Å². The van der Waals surface area contributed by atoms with Gasteiger partial charge < -0.3 is 5.32 Å². The molecule has 1 aromatic heterocycles. The summed E-state index contributed by atoms with van der Waals surface area (Å²) in [5.74, 6) is 3.29. The van der Waals surface area contributed by atoms with Gasteiger partial charge in [-0.1, -0.05) is 18.2 Å². The first-order chi connectivity index (χ1) is 11.2. The summed E-state index contributed by atoms with van der Waals surface area (Å²) in [4.78, 5) is 17.7. The maximum atomic E-state index is 13.1. The highest BCUT2D eigenvalue weighted by atomic mass is 35.5. The Labute approximate surface area is 148 Å². The number of hydrogen-bond acceptors (Lipinski definition) is 2. The molecule has 4 saturated carbocycles. The van der Waals surface area contributed by atoms with Crippen LogP contribution < -0.4 is 5.32 Å². The van der Waals surface area contributed by atoms with Crippen LogP contribution in [0.15, 0.2) is 36.4 Å². The smallest absolute Gasteiger partial charge is 0.231 e. The van der Waals surface area contributed by atoms with Gasteiger partial charge in [-0.3, -0.25) is 4.79 Å². The SMILES string of the molecule is Cl.O=C(Nc1ccc2ccccc2n1)C12CC3CC(CC(C3)C1)C2. The van der Waals surface area contributed by atoms with Gasteiger partial charge in [0.1, 0.15) is 5.82 Å². The quantitative estimate of drug-likeness (QED) is 0.850. The highest BCUT2D eigenvalue weighted by molar-refractivity contribution is 5.96. The normalized spacial score (nSPS) is 33.2. The van der Waals surface area contributed by atoms with Crippen LogP contribution in [0.1, 0.15) is 38.5 Å². The number of carbonyl (C=O) groups is 1. The second kappa shape index (κ2) is 5.73. The van der Waals surface area contributed by atoms with Crippen molar-refractivity contribution in [2.75, 3.05) is 5.32 Å². The van der Waals surface area contributed by atoms with Gasteiger partial charge in [0.25, 0.3) is 0 Å². The van der Waals surface area contributed by atoms with Gasteiger partial charge in [0.05, 0.1) is 10.9 Å². The zero-order valence-electron chi connectivity index (χ0n) is 13.7.